The Morgan fingerprint density at radius 3 is 2.50 bits per heavy atom. The first-order valence-electron chi connectivity index (χ1n) is 9.78. The smallest absolute Gasteiger partial charge is 0.252 e. The van der Waals surface area contributed by atoms with Gasteiger partial charge in [0.05, 0.1) is 23.6 Å². The molecule has 30 heavy (non-hydrogen) atoms. The Morgan fingerprint density at radius 1 is 1.07 bits per heavy atom. The van der Waals surface area contributed by atoms with E-state index in [1.54, 1.807) is 6.20 Å². The molecule has 6 heteroatoms. The maximum absolute atomic E-state index is 12.5. The summed E-state index contributed by atoms with van der Waals surface area (Å²) in [4.78, 5) is 20.7. The lowest BCUT2D eigenvalue weighted by molar-refractivity contribution is 0.962. The number of nitrogens with zero attached hydrogens (tertiary/aromatic N) is 4. The van der Waals surface area contributed by atoms with Gasteiger partial charge in [0, 0.05) is 24.6 Å². The largest absolute Gasteiger partial charge is 0.378 e. The Labute approximate surface area is 175 Å². The molecule has 150 valence electrons. The zero-order valence-corrected chi connectivity index (χ0v) is 17.5. The Bertz CT molecular complexity index is 1350. The van der Waals surface area contributed by atoms with Crippen LogP contribution >= 0.6 is 0 Å². The van der Waals surface area contributed by atoms with Crippen LogP contribution < -0.4 is 10.9 Å². The van der Waals surface area contributed by atoms with E-state index in [2.05, 4.69) is 42.2 Å². The summed E-state index contributed by atoms with van der Waals surface area (Å²) in [6.07, 6.45) is 3.47. The SMILES string of the molecule is [C-]#[N+]c1ccc(=O)n(-c2cc(NCc3c(C)cccc3C)c3nc(C)c(C)n3c2)c1. The van der Waals surface area contributed by atoms with Crippen molar-refractivity contribution in [3.05, 3.63) is 98.6 Å². The number of anilines is 1. The summed E-state index contributed by atoms with van der Waals surface area (Å²) < 4.78 is 3.50. The minimum absolute atomic E-state index is 0.183. The lowest BCUT2D eigenvalue weighted by Crippen LogP contribution is -2.17. The quantitative estimate of drug-likeness (QED) is 0.499. The lowest BCUT2D eigenvalue weighted by Gasteiger charge is -2.15. The first-order chi connectivity index (χ1) is 14.4. The summed E-state index contributed by atoms with van der Waals surface area (Å²) >= 11 is 0. The van der Waals surface area contributed by atoms with E-state index in [0.717, 1.165) is 22.7 Å². The fraction of sp³-hybridized carbons (Fsp3) is 0.208. The van der Waals surface area contributed by atoms with Gasteiger partial charge in [0.1, 0.15) is 0 Å². The monoisotopic (exact) mass is 397 g/mol. The van der Waals surface area contributed by atoms with E-state index in [0.29, 0.717) is 17.9 Å². The van der Waals surface area contributed by atoms with Crippen LogP contribution in [0.25, 0.3) is 16.2 Å². The minimum Gasteiger partial charge on any atom is -0.378 e. The molecular weight excluding hydrogens is 374 g/mol. The van der Waals surface area contributed by atoms with Crippen LogP contribution in [-0.2, 0) is 6.54 Å². The molecule has 3 heterocycles. The highest BCUT2D eigenvalue weighted by molar-refractivity contribution is 5.72. The van der Waals surface area contributed by atoms with E-state index in [1.165, 1.54) is 33.4 Å². The third-order valence-electron chi connectivity index (χ3n) is 5.58. The number of nitrogens with one attached hydrogen (secondary N) is 1. The number of rotatable bonds is 4. The Morgan fingerprint density at radius 2 is 1.80 bits per heavy atom. The third-order valence-corrected chi connectivity index (χ3v) is 5.58. The van der Waals surface area contributed by atoms with Crippen molar-refractivity contribution < 1.29 is 0 Å². The van der Waals surface area contributed by atoms with Crippen molar-refractivity contribution in [1.82, 2.24) is 14.0 Å². The summed E-state index contributed by atoms with van der Waals surface area (Å²) in [6.45, 7) is 16.1. The number of hydrogen-bond donors (Lipinski definition) is 1. The van der Waals surface area contributed by atoms with Crippen LogP contribution in [0.5, 0.6) is 0 Å². The van der Waals surface area contributed by atoms with Crippen LogP contribution in [0, 0.1) is 34.3 Å². The van der Waals surface area contributed by atoms with Gasteiger partial charge in [-0.15, -0.1) is 0 Å². The molecule has 0 fully saturated rings. The molecule has 4 rings (SSSR count). The van der Waals surface area contributed by atoms with Gasteiger partial charge in [0.15, 0.2) is 5.65 Å². The molecule has 0 radical (unpaired) electrons. The second kappa shape index (κ2) is 7.53. The van der Waals surface area contributed by atoms with E-state index in [4.69, 9.17) is 11.6 Å². The molecule has 0 saturated heterocycles. The van der Waals surface area contributed by atoms with E-state index >= 15 is 0 Å². The fourth-order valence-corrected chi connectivity index (χ4v) is 3.67. The van der Waals surface area contributed by atoms with Crippen molar-refractivity contribution in [2.24, 2.45) is 0 Å². The number of imidazole rings is 1. The maximum atomic E-state index is 12.5. The van der Waals surface area contributed by atoms with Crippen LogP contribution in [-0.4, -0.2) is 14.0 Å². The molecule has 0 unspecified atom stereocenters. The second-order valence-corrected chi connectivity index (χ2v) is 7.52. The van der Waals surface area contributed by atoms with Gasteiger partial charge in [-0.1, -0.05) is 18.2 Å². The number of aryl methyl sites for hydroxylation is 4. The first kappa shape index (κ1) is 19.5. The van der Waals surface area contributed by atoms with E-state index in [-0.39, 0.29) is 5.56 Å². The molecule has 0 bridgehead atoms. The van der Waals surface area contributed by atoms with Crippen molar-refractivity contribution in [2.45, 2.75) is 34.2 Å². The highest BCUT2D eigenvalue weighted by Crippen LogP contribution is 2.25. The van der Waals surface area contributed by atoms with Crippen molar-refractivity contribution in [3.63, 3.8) is 0 Å². The molecule has 1 aromatic carbocycles. The maximum Gasteiger partial charge on any atom is 0.252 e. The zero-order valence-electron chi connectivity index (χ0n) is 17.5. The van der Waals surface area contributed by atoms with Crippen molar-refractivity contribution in [2.75, 3.05) is 5.32 Å². The van der Waals surface area contributed by atoms with Gasteiger partial charge >= 0.3 is 0 Å². The van der Waals surface area contributed by atoms with Crippen LogP contribution in [0.4, 0.5) is 11.4 Å². The summed E-state index contributed by atoms with van der Waals surface area (Å²) in [7, 11) is 0. The molecular formula is C24H23N5O. The summed E-state index contributed by atoms with van der Waals surface area (Å²) in [6, 6.07) is 11.2. The summed E-state index contributed by atoms with van der Waals surface area (Å²) in [5, 5.41) is 3.53. The molecule has 1 N–H and O–H groups in total. The topological polar surface area (TPSA) is 55.7 Å². The van der Waals surface area contributed by atoms with Crippen LogP contribution in [0.15, 0.2) is 53.6 Å². The van der Waals surface area contributed by atoms with Crippen molar-refractivity contribution in [3.8, 4) is 5.69 Å². The van der Waals surface area contributed by atoms with Crippen molar-refractivity contribution in [1.29, 1.82) is 0 Å². The van der Waals surface area contributed by atoms with Gasteiger partial charge in [-0.3, -0.25) is 9.36 Å². The molecule has 0 spiro atoms. The minimum atomic E-state index is -0.183. The molecule has 0 saturated carbocycles. The average molecular weight is 397 g/mol. The van der Waals surface area contributed by atoms with Gasteiger partial charge in [-0.2, -0.15) is 0 Å². The molecule has 0 aliphatic heterocycles. The number of aromatic nitrogens is 3. The predicted molar refractivity (Wildman–Crippen MR) is 120 cm³/mol. The highest BCUT2D eigenvalue weighted by atomic mass is 16.1. The fourth-order valence-electron chi connectivity index (χ4n) is 3.67. The normalized spacial score (nSPS) is 10.9. The Balaban J connectivity index is 1.86. The number of fused-ring (bicyclic) bond motifs is 1. The van der Waals surface area contributed by atoms with E-state index < -0.39 is 0 Å². The highest BCUT2D eigenvalue weighted by Gasteiger charge is 2.13. The van der Waals surface area contributed by atoms with E-state index in [1.807, 2.05) is 30.5 Å². The molecule has 0 amide bonds. The van der Waals surface area contributed by atoms with Gasteiger partial charge < -0.3 is 9.72 Å². The summed E-state index contributed by atoms with van der Waals surface area (Å²) in [5.74, 6) is 0. The van der Waals surface area contributed by atoms with Crippen molar-refractivity contribution >= 4 is 17.0 Å². The molecule has 3 aromatic heterocycles. The molecule has 4 aromatic rings. The standard InChI is InChI=1S/C24H23N5O/c1-15-7-6-8-16(2)21(15)12-26-22-11-20(14-28-18(4)17(3)27-24(22)28)29-13-19(25-5)9-10-23(29)30/h6-11,13-14,26H,12H2,1-4H3. The molecule has 6 nitrogen and oxygen atoms in total. The summed E-state index contributed by atoms with van der Waals surface area (Å²) in [5.41, 5.74) is 8.21. The Hall–Kier alpha value is -3.85. The lowest BCUT2D eigenvalue weighted by atomic mass is 10.0. The van der Waals surface area contributed by atoms with Crippen LogP contribution in [0.2, 0.25) is 0 Å². The van der Waals surface area contributed by atoms with E-state index in [9.17, 15) is 4.79 Å². The van der Waals surface area contributed by atoms with Gasteiger partial charge in [0.25, 0.3) is 5.56 Å². The third kappa shape index (κ3) is 3.35. The molecule has 0 atom stereocenters. The first-order valence-corrected chi connectivity index (χ1v) is 9.78. The van der Waals surface area contributed by atoms with Gasteiger partial charge in [0.2, 0.25) is 5.69 Å². The number of pyridine rings is 2. The average Bonchev–Trinajstić information content (AvgIpc) is 3.02. The van der Waals surface area contributed by atoms with Crippen LogP contribution in [0.3, 0.4) is 0 Å². The Kier molecular flexibility index (Phi) is 4.88. The van der Waals surface area contributed by atoms with Crippen LogP contribution in [0.1, 0.15) is 28.1 Å². The molecule has 0 aliphatic rings. The number of hydrogen-bond acceptors (Lipinski definition) is 3. The van der Waals surface area contributed by atoms with Gasteiger partial charge in [-0.05, 0) is 62.6 Å². The predicted octanol–water partition coefficient (Wildman–Crippen LogP) is 4.88. The second-order valence-electron chi connectivity index (χ2n) is 7.52. The number of benzene rings is 1. The molecule has 0 aliphatic carbocycles. The van der Waals surface area contributed by atoms with Gasteiger partial charge in [-0.25, -0.2) is 9.83 Å². The zero-order chi connectivity index (χ0) is 21.4.